The van der Waals surface area contributed by atoms with Crippen LogP contribution in [0.1, 0.15) is 18.4 Å². The standard InChI is InChI=1S/C14H15N3O2/c1-17(9-14(8-15)4-5-14)7-10-2-3-12-11(6-10)16-13(18)19-12/h2-3,6H,4-5,7,9H2,1H3,(H,16,18). The van der Waals surface area contributed by atoms with E-state index in [0.717, 1.165) is 37.0 Å². The molecule has 2 aromatic rings. The number of aromatic nitrogens is 1. The molecule has 1 aromatic heterocycles. The molecule has 5 nitrogen and oxygen atoms in total. The number of rotatable bonds is 4. The van der Waals surface area contributed by atoms with Crippen molar-refractivity contribution in [3.63, 3.8) is 0 Å². The molecule has 1 heterocycles. The fourth-order valence-corrected chi connectivity index (χ4v) is 2.44. The second kappa shape index (κ2) is 4.25. The highest BCUT2D eigenvalue weighted by Crippen LogP contribution is 2.45. The predicted octanol–water partition coefficient (Wildman–Crippen LogP) is 1.86. The summed E-state index contributed by atoms with van der Waals surface area (Å²) in [5, 5.41) is 9.09. The van der Waals surface area contributed by atoms with Crippen LogP contribution in [0.25, 0.3) is 11.1 Å². The van der Waals surface area contributed by atoms with E-state index in [1.165, 1.54) is 0 Å². The van der Waals surface area contributed by atoms with Crippen LogP contribution in [0.3, 0.4) is 0 Å². The molecule has 1 N–H and O–H groups in total. The first-order chi connectivity index (χ1) is 9.10. The van der Waals surface area contributed by atoms with Crippen LogP contribution in [0.4, 0.5) is 0 Å². The maximum absolute atomic E-state index is 11.1. The summed E-state index contributed by atoms with van der Waals surface area (Å²) >= 11 is 0. The number of hydrogen-bond acceptors (Lipinski definition) is 4. The molecule has 19 heavy (non-hydrogen) atoms. The van der Waals surface area contributed by atoms with Gasteiger partial charge in [0.15, 0.2) is 5.58 Å². The summed E-state index contributed by atoms with van der Waals surface area (Å²) in [7, 11) is 2.01. The Balaban J connectivity index is 1.74. The summed E-state index contributed by atoms with van der Waals surface area (Å²) in [5.41, 5.74) is 2.27. The quantitative estimate of drug-likeness (QED) is 0.907. The lowest BCUT2D eigenvalue weighted by molar-refractivity contribution is 0.287. The zero-order valence-corrected chi connectivity index (χ0v) is 10.8. The molecule has 98 valence electrons. The molecule has 1 aliphatic carbocycles. The molecule has 5 heteroatoms. The van der Waals surface area contributed by atoms with E-state index in [2.05, 4.69) is 16.0 Å². The molecule has 0 aliphatic heterocycles. The molecular weight excluding hydrogens is 242 g/mol. The third kappa shape index (κ3) is 2.40. The average molecular weight is 257 g/mol. The second-order valence-corrected chi connectivity index (χ2v) is 5.41. The van der Waals surface area contributed by atoms with Crippen molar-refractivity contribution in [2.75, 3.05) is 13.6 Å². The number of nitriles is 1. The number of hydrogen-bond donors (Lipinski definition) is 1. The average Bonchev–Trinajstić information content (AvgIpc) is 3.03. The highest BCUT2D eigenvalue weighted by molar-refractivity contribution is 5.72. The molecule has 0 spiro atoms. The molecule has 1 fully saturated rings. The van der Waals surface area contributed by atoms with Crippen LogP contribution in [0.15, 0.2) is 27.4 Å². The third-order valence-corrected chi connectivity index (χ3v) is 3.60. The van der Waals surface area contributed by atoms with Crippen molar-refractivity contribution in [2.24, 2.45) is 5.41 Å². The lowest BCUT2D eigenvalue weighted by Gasteiger charge is -2.19. The molecule has 1 aromatic carbocycles. The highest BCUT2D eigenvalue weighted by Gasteiger charge is 2.43. The van der Waals surface area contributed by atoms with Crippen LogP contribution < -0.4 is 5.76 Å². The van der Waals surface area contributed by atoms with E-state index in [9.17, 15) is 4.79 Å². The van der Waals surface area contributed by atoms with Crippen molar-refractivity contribution in [1.29, 1.82) is 5.26 Å². The smallest absolute Gasteiger partial charge is 0.408 e. The topological polar surface area (TPSA) is 73.0 Å². The van der Waals surface area contributed by atoms with Crippen LogP contribution in [-0.2, 0) is 6.54 Å². The molecule has 0 amide bonds. The zero-order chi connectivity index (χ0) is 13.5. The summed E-state index contributed by atoms with van der Waals surface area (Å²) in [6.07, 6.45) is 2.00. The summed E-state index contributed by atoms with van der Waals surface area (Å²) in [6, 6.07) is 8.06. The Morgan fingerprint density at radius 1 is 1.53 bits per heavy atom. The predicted molar refractivity (Wildman–Crippen MR) is 70.4 cm³/mol. The highest BCUT2D eigenvalue weighted by atomic mass is 16.4. The van der Waals surface area contributed by atoms with Gasteiger partial charge in [-0.1, -0.05) is 6.07 Å². The largest absolute Gasteiger partial charge is 0.417 e. The molecule has 0 radical (unpaired) electrons. The van der Waals surface area contributed by atoms with Crippen molar-refractivity contribution < 1.29 is 4.42 Å². The van der Waals surface area contributed by atoms with E-state index < -0.39 is 5.76 Å². The number of benzene rings is 1. The van der Waals surface area contributed by atoms with Gasteiger partial charge in [-0.05, 0) is 37.6 Å². The van der Waals surface area contributed by atoms with E-state index in [0.29, 0.717) is 5.58 Å². The maximum Gasteiger partial charge on any atom is 0.417 e. The third-order valence-electron chi connectivity index (χ3n) is 3.60. The van der Waals surface area contributed by atoms with Crippen molar-refractivity contribution in [2.45, 2.75) is 19.4 Å². The Morgan fingerprint density at radius 3 is 3.00 bits per heavy atom. The summed E-state index contributed by atoms with van der Waals surface area (Å²) in [5.74, 6) is -0.429. The second-order valence-electron chi connectivity index (χ2n) is 5.41. The zero-order valence-electron chi connectivity index (χ0n) is 10.8. The van der Waals surface area contributed by atoms with Gasteiger partial charge in [-0.15, -0.1) is 0 Å². The fourth-order valence-electron chi connectivity index (χ4n) is 2.44. The summed E-state index contributed by atoms with van der Waals surface area (Å²) in [4.78, 5) is 15.9. The Kier molecular flexibility index (Phi) is 2.68. The van der Waals surface area contributed by atoms with Crippen LogP contribution >= 0.6 is 0 Å². The Bertz CT molecular complexity index is 703. The van der Waals surface area contributed by atoms with Crippen LogP contribution in [0.2, 0.25) is 0 Å². The van der Waals surface area contributed by atoms with Gasteiger partial charge in [0.05, 0.1) is 17.0 Å². The van der Waals surface area contributed by atoms with Gasteiger partial charge >= 0.3 is 5.76 Å². The first kappa shape index (κ1) is 12.0. The van der Waals surface area contributed by atoms with Gasteiger partial charge in [-0.2, -0.15) is 5.26 Å². The molecule has 1 aliphatic rings. The fraction of sp³-hybridized carbons (Fsp3) is 0.429. The minimum absolute atomic E-state index is 0.122. The number of nitrogens with zero attached hydrogens (tertiary/aromatic N) is 2. The minimum atomic E-state index is -0.429. The number of H-pyrrole nitrogens is 1. The van der Waals surface area contributed by atoms with Gasteiger partial charge in [-0.25, -0.2) is 4.79 Å². The van der Waals surface area contributed by atoms with E-state index in [4.69, 9.17) is 9.68 Å². The van der Waals surface area contributed by atoms with Crippen molar-refractivity contribution in [3.05, 3.63) is 34.3 Å². The van der Waals surface area contributed by atoms with Crippen LogP contribution in [-0.4, -0.2) is 23.5 Å². The molecule has 3 rings (SSSR count). The minimum Gasteiger partial charge on any atom is -0.408 e. The Hall–Kier alpha value is -2.06. The van der Waals surface area contributed by atoms with Crippen LogP contribution in [0, 0.1) is 16.7 Å². The van der Waals surface area contributed by atoms with E-state index in [1.54, 1.807) is 6.07 Å². The number of aromatic amines is 1. The van der Waals surface area contributed by atoms with E-state index in [-0.39, 0.29) is 5.41 Å². The Morgan fingerprint density at radius 2 is 2.32 bits per heavy atom. The lowest BCUT2D eigenvalue weighted by Crippen LogP contribution is -2.25. The molecule has 0 saturated heterocycles. The first-order valence-electron chi connectivity index (χ1n) is 6.32. The van der Waals surface area contributed by atoms with Gasteiger partial charge in [0.2, 0.25) is 0 Å². The van der Waals surface area contributed by atoms with E-state index in [1.807, 2.05) is 19.2 Å². The van der Waals surface area contributed by atoms with Crippen molar-refractivity contribution in [3.8, 4) is 6.07 Å². The van der Waals surface area contributed by atoms with Gasteiger partial charge in [0, 0.05) is 13.1 Å². The van der Waals surface area contributed by atoms with Crippen molar-refractivity contribution >= 4 is 11.1 Å². The van der Waals surface area contributed by atoms with Gasteiger partial charge in [0.25, 0.3) is 0 Å². The summed E-state index contributed by atoms with van der Waals surface area (Å²) in [6.45, 7) is 1.55. The summed E-state index contributed by atoms with van der Waals surface area (Å²) < 4.78 is 4.97. The number of oxazole rings is 1. The van der Waals surface area contributed by atoms with Gasteiger partial charge in [0.1, 0.15) is 0 Å². The van der Waals surface area contributed by atoms with Gasteiger partial charge in [-0.3, -0.25) is 4.98 Å². The maximum atomic E-state index is 11.1. The number of nitrogens with one attached hydrogen (secondary N) is 1. The molecular formula is C14H15N3O2. The van der Waals surface area contributed by atoms with Gasteiger partial charge < -0.3 is 9.32 Å². The van der Waals surface area contributed by atoms with Crippen molar-refractivity contribution in [1.82, 2.24) is 9.88 Å². The molecule has 1 saturated carbocycles. The molecule has 0 atom stereocenters. The van der Waals surface area contributed by atoms with Crippen LogP contribution in [0.5, 0.6) is 0 Å². The number of fused-ring (bicyclic) bond motifs is 1. The normalized spacial score (nSPS) is 16.7. The first-order valence-corrected chi connectivity index (χ1v) is 6.32. The van der Waals surface area contributed by atoms with E-state index >= 15 is 0 Å². The SMILES string of the molecule is CN(Cc1ccc2oc(=O)[nH]c2c1)CC1(C#N)CC1. The Labute approximate surface area is 110 Å². The molecule has 0 unspecified atom stereocenters. The monoisotopic (exact) mass is 257 g/mol. The lowest BCUT2D eigenvalue weighted by atomic mass is 10.1. The molecule has 0 bridgehead atoms.